The molecule has 4 aliphatic rings. The lowest BCUT2D eigenvalue weighted by molar-refractivity contribution is -0.385. The van der Waals surface area contributed by atoms with E-state index in [1.165, 1.54) is 12.1 Å². The molecular formula is C18H23ClN2O4. The Labute approximate surface area is 153 Å². The van der Waals surface area contributed by atoms with Crippen LogP contribution in [-0.2, 0) is 14.9 Å². The van der Waals surface area contributed by atoms with Gasteiger partial charge in [-0.1, -0.05) is 18.6 Å². The highest BCUT2D eigenvalue weighted by molar-refractivity contribution is 5.85. The SMILES string of the molecule is Cl.O=C(OC1CN2CCC1CC2)C1(c2cccc([N+](=O)[O-])c2)CCC1. The second-order valence-electron chi connectivity index (χ2n) is 7.32. The maximum atomic E-state index is 13.0. The molecule has 1 aromatic rings. The summed E-state index contributed by atoms with van der Waals surface area (Å²) in [6, 6.07) is 6.49. The summed E-state index contributed by atoms with van der Waals surface area (Å²) in [5.41, 5.74) is 0.0848. The molecule has 0 aromatic heterocycles. The molecule has 4 fully saturated rings. The number of esters is 1. The first-order valence-corrected chi connectivity index (χ1v) is 8.77. The van der Waals surface area contributed by atoms with Gasteiger partial charge >= 0.3 is 5.97 Å². The molecule has 6 nitrogen and oxygen atoms in total. The Hall–Kier alpha value is -1.66. The highest BCUT2D eigenvalue weighted by Crippen LogP contribution is 2.46. The van der Waals surface area contributed by atoms with E-state index < -0.39 is 10.3 Å². The number of hydrogen-bond acceptors (Lipinski definition) is 5. The minimum atomic E-state index is -0.682. The van der Waals surface area contributed by atoms with E-state index in [1.54, 1.807) is 6.07 Å². The van der Waals surface area contributed by atoms with Crippen LogP contribution in [0.4, 0.5) is 5.69 Å². The first-order chi connectivity index (χ1) is 11.6. The number of nitro groups is 1. The molecule has 3 aliphatic heterocycles. The monoisotopic (exact) mass is 366 g/mol. The lowest BCUT2D eigenvalue weighted by atomic mass is 9.64. The summed E-state index contributed by atoms with van der Waals surface area (Å²) >= 11 is 0. The maximum absolute atomic E-state index is 13.0. The zero-order valence-corrected chi connectivity index (χ0v) is 14.9. The van der Waals surface area contributed by atoms with Crippen molar-refractivity contribution in [2.24, 2.45) is 5.92 Å². The first kappa shape index (κ1) is 18.1. The minimum absolute atomic E-state index is 0. The van der Waals surface area contributed by atoms with E-state index in [-0.39, 0.29) is 30.2 Å². The number of carbonyl (C=O) groups is 1. The molecule has 1 atom stereocenters. The number of fused-ring (bicyclic) bond motifs is 3. The van der Waals surface area contributed by atoms with Crippen molar-refractivity contribution in [2.75, 3.05) is 19.6 Å². The number of rotatable bonds is 4. The van der Waals surface area contributed by atoms with Gasteiger partial charge < -0.3 is 4.74 Å². The predicted molar refractivity (Wildman–Crippen MR) is 94.9 cm³/mol. The van der Waals surface area contributed by atoms with Crippen molar-refractivity contribution in [3.05, 3.63) is 39.9 Å². The molecule has 0 amide bonds. The molecular weight excluding hydrogens is 344 g/mol. The van der Waals surface area contributed by atoms with Gasteiger partial charge in [-0.05, 0) is 50.3 Å². The maximum Gasteiger partial charge on any atom is 0.316 e. The Morgan fingerprint density at radius 3 is 2.52 bits per heavy atom. The fourth-order valence-electron chi connectivity index (χ4n) is 4.35. The quantitative estimate of drug-likeness (QED) is 0.465. The molecule has 3 saturated heterocycles. The number of non-ortho nitro benzene ring substituents is 1. The van der Waals surface area contributed by atoms with Crippen molar-refractivity contribution >= 4 is 24.1 Å². The number of nitro benzene ring substituents is 1. The van der Waals surface area contributed by atoms with Crippen LogP contribution in [0.25, 0.3) is 0 Å². The smallest absolute Gasteiger partial charge is 0.316 e. The van der Waals surface area contributed by atoms with Crippen LogP contribution in [0.5, 0.6) is 0 Å². The highest BCUT2D eigenvalue weighted by atomic mass is 35.5. The van der Waals surface area contributed by atoms with E-state index in [1.807, 2.05) is 6.07 Å². The van der Waals surface area contributed by atoms with Crippen LogP contribution in [0.2, 0.25) is 0 Å². The van der Waals surface area contributed by atoms with E-state index in [0.29, 0.717) is 18.8 Å². The summed E-state index contributed by atoms with van der Waals surface area (Å²) in [7, 11) is 0. The second kappa shape index (κ2) is 6.92. The third-order valence-electron chi connectivity index (χ3n) is 6.06. The predicted octanol–water partition coefficient (Wildman–Crippen LogP) is 3.08. The highest BCUT2D eigenvalue weighted by Gasteiger charge is 2.49. The van der Waals surface area contributed by atoms with Crippen LogP contribution >= 0.6 is 12.4 Å². The van der Waals surface area contributed by atoms with Crippen LogP contribution in [0.15, 0.2) is 24.3 Å². The van der Waals surface area contributed by atoms with Gasteiger partial charge in [0.1, 0.15) is 6.10 Å². The van der Waals surface area contributed by atoms with E-state index in [2.05, 4.69) is 4.90 Å². The van der Waals surface area contributed by atoms with Crippen molar-refractivity contribution in [3.8, 4) is 0 Å². The molecule has 25 heavy (non-hydrogen) atoms. The number of benzene rings is 1. The molecule has 0 radical (unpaired) electrons. The van der Waals surface area contributed by atoms with Gasteiger partial charge in [0.15, 0.2) is 0 Å². The lowest BCUT2D eigenvalue weighted by Crippen LogP contribution is -2.54. The van der Waals surface area contributed by atoms with Gasteiger partial charge in [-0.25, -0.2) is 0 Å². The van der Waals surface area contributed by atoms with E-state index in [9.17, 15) is 14.9 Å². The van der Waals surface area contributed by atoms with Crippen molar-refractivity contribution in [1.29, 1.82) is 0 Å². The zero-order chi connectivity index (χ0) is 16.7. The van der Waals surface area contributed by atoms with Gasteiger partial charge in [-0.2, -0.15) is 0 Å². The molecule has 5 rings (SSSR count). The Balaban J connectivity index is 0.00000182. The number of halogens is 1. The molecule has 0 spiro atoms. The molecule has 1 aliphatic carbocycles. The molecule has 2 bridgehead atoms. The van der Waals surface area contributed by atoms with Gasteiger partial charge in [0, 0.05) is 18.7 Å². The van der Waals surface area contributed by atoms with Gasteiger partial charge in [0.05, 0.1) is 10.3 Å². The van der Waals surface area contributed by atoms with Crippen molar-refractivity contribution in [2.45, 2.75) is 43.6 Å². The van der Waals surface area contributed by atoms with Crippen molar-refractivity contribution in [1.82, 2.24) is 4.90 Å². The summed E-state index contributed by atoms with van der Waals surface area (Å²) in [6.45, 7) is 3.05. The zero-order valence-electron chi connectivity index (χ0n) is 14.1. The van der Waals surface area contributed by atoms with Crippen LogP contribution in [0.1, 0.15) is 37.7 Å². The molecule has 1 unspecified atom stereocenters. The number of hydrogen-bond donors (Lipinski definition) is 0. The van der Waals surface area contributed by atoms with Gasteiger partial charge in [0.2, 0.25) is 0 Å². The van der Waals surface area contributed by atoms with Crippen molar-refractivity contribution < 1.29 is 14.5 Å². The molecule has 7 heteroatoms. The fraction of sp³-hybridized carbons (Fsp3) is 0.611. The molecule has 1 aromatic carbocycles. The van der Waals surface area contributed by atoms with Gasteiger partial charge in [0.25, 0.3) is 5.69 Å². The standard InChI is InChI=1S/C18H22N2O4.ClH/c21-17(24-16-12-19-9-5-13(16)6-10-19)18(7-2-8-18)14-3-1-4-15(11-14)20(22)23;/h1,3-4,11,13,16H,2,5-10,12H2;1H. The Morgan fingerprint density at radius 1 is 1.28 bits per heavy atom. The Bertz CT molecular complexity index is 669. The summed E-state index contributed by atoms with van der Waals surface area (Å²) in [5.74, 6) is 0.286. The second-order valence-corrected chi connectivity index (χ2v) is 7.32. The third-order valence-corrected chi connectivity index (χ3v) is 6.06. The molecule has 136 valence electrons. The fourth-order valence-corrected chi connectivity index (χ4v) is 4.35. The van der Waals surface area contributed by atoms with E-state index in [0.717, 1.165) is 44.5 Å². The summed E-state index contributed by atoms with van der Waals surface area (Å²) in [4.78, 5) is 26.0. The van der Waals surface area contributed by atoms with Gasteiger partial charge in [-0.3, -0.25) is 19.8 Å². The van der Waals surface area contributed by atoms with E-state index >= 15 is 0 Å². The third kappa shape index (κ3) is 3.13. The normalized spacial score (nSPS) is 29.2. The number of piperidine rings is 3. The topological polar surface area (TPSA) is 72.7 Å². The van der Waals surface area contributed by atoms with Crippen LogP contribution < -0.4 is 0 Å². The average Bonchev–Trinajstić information content (AvgIpc) is 2.55. The lowest BCUT2D eigenvalue weighted by Gasteiger charge is -2.46. The van der Waals surface area contributed by atoms with Crippen LogP contribution in [0.3, 0.4) is 0 Å². The Kier molecular flexibility index (Phi) is 5.02. The van der Waals surface area contributed by atoms with Crippen LogP contribution in [-0.4, -0.2) is 41.5 Å². The summed E-state index contributed by atoms with van der Waals surface area (Å²) in [5, 5.41) is 11.0. The summed E-state index contributed by atoms with van der Waals surface area (Å²) in [6.07, 6.45) is 4.57. The molecule has 1 saturated carbocycles. The minimum Gasteiger partial charge on any atom is -0.460 e. The molecule has 0 N–H and O–H groups in total. The van der Waals surface area contributed by atoms with E-state index in [4.69, 9.17) is 4.74 Å². The van der Waals surface area contributed by atoms with Crippen LogP contribution in [0, 0.1) is 16.0 Å². The number of carbonyl (C=O) groups excluding carboxylic acids is 1. The number of ether oxygens (including phenoxy) is 1. The van der Waals surface area contributed by atoms with Gasteiger partial charge in [-0.15, -0.1) is 12.4 Å². The summed E-state index contributed by atoms with van der Waals surface area (Å²) < 4.78 is 5.94. The Morgan fingerprint density at radius 2 is 2.00 bits per heavy atom. The first-order valence-electron chi connectivity index (χ1n) is 8.77. The largest absolute Gasteiger partial charge is 0.460 e. The molecule has 3 heterocycles. The number of nitrogens with zero attached hydrogens (tertiary/aromatic N) is 2. The van der Waals surface area contributed by atoms with Crippen molar-refractivity contribution in [3.63, 3.8) is 0 Å². The average molecular weight is 367 g/mol.